The molecule has 0 saturated carbocycles. The highest BCUT2D eigenvalue weighted by molar-refractivity contribution is 5.89. The predicted molar refractivity (Wildman–Crippen MR) is 73.6 cm³/mol. The number of fused-ring (bicyclic) bond motifs is 1. The Kier molecular flexibility index (Phi) is 2.87. The Balaban J connectivity index is 2.01. The van der Waals surface area contributed by atoms with Gasteiger partial charge in [0.15, 0.2) is 6.29 Å². The quantitative estimate of drug-likeness (QED) is 0.820. The molecular formula is C14H14N4O. The summed E-state index contributed by atoms with van der Waals surface area (Å²) in [5, 5.41) is 3.20. The summed E-state index contributed by atoms with van der Waals surface area (Å²) >= 11 is 0. The van der Waals surface area contributed by atoms with Crippen LogP contribution in [0.5, 0.6) is 0 Å². The standard InChI is InChI=1S/C14H14N4O/c15-13-11(7-19)14(17-8-16-13)18-12-6-2-4-9-3-1-5-10(9)12/h2,4,6-8H,1,3,5H2,(H3,15,16,17,18). The molecule has 1 heterocycles. The molecule has 3 N–H and O–H groups in total. The molecule has 19 heavy (non-hydrogen) atoms. The van der Waals surface area contributed by atoms with Gasteiger partial charge < -0.3 is 11.1 Å². The van der Waals surface area contributed by atoms with Crippen LogP contribution >= 0.6 is 0 Å². The number of carbonyl (C=O) groups is 1. The smallest absolute Gasteiger partial charge is 0.157 e. The largest absolute Gasteiger partial charge is 0.383 e. The summed E-state index contributed by atoms with van der Waals surface area (Å²) in [7, 11) is 0. The first-order valence-electron chi connectivity index (χ1n) is 6.23. The van der Waals surface area contributed by atoms with E-state index in [0.29, 0.717) is 17.7 Å². The van der Waals surface area contributed by atoms with E-state index in [1.165, 1.54) is 23.9 Å². The maximum absolute atomic E-state index is 11.1. The van der Waals surface area contributed by atoms with Crippen molar-refractivity contribution in [2.24, 2.45) is 0 Å². The van der Waals surface area contributed by atoms with Gasteiger partial charge in [0.1, 0.15) is 18.0 Å². The molecule has 5 nitrogen and oxygen atoms in total. The van der Waals surface area contributed by atoms with E-state index < -0.39 is 0 Å². The third-order valence-corrected chi connectivity index (χ3v) is 3.43. The van der Waals surface area contributed by atoms with Gasteiger partial charge in [-0.2, -0.15) is 0 Å². The predicted octanol–water partition coefficient (Wildman–Crippen LogP) is 2.10. The van der Waals surface area contributed by atoms with Gasteiger partial charge in [0.05, 0.1) is 5.56 Å². The molecule has 0 unspecified atom stereocenters. The van der Waals surface area contributed by atoms with Crippen LogP contribution in [0.2, 0.25) is 0 Å². The first-order valence-corrected chi connectivity index (χ1v) is 6.23. The first-order chi connectivity index (χ1) is 9.29. The van der Waals surface area contributed by atoms with Crippen LogP contribution in [-0.2, 0) is 12.8 Å². The zero-order valence-corrected chi connectivity index (χ0v) is 10.4. The molecule has 2 aromatic rings. The molecule has 1 aromatic carbocycles. The summed E-state index contributed by atoms with van der Waals surface area (Å²) < 4.78 is 0. The molecular weight excluding hydrogens is 240 g/mol. The summed E-state index contributed by atoms with van der Waals surface area (Å²) in [6, 6.07) is 6.15. The lowest BCUT2D eigenvalue weighted by Gasteiger charge is -2.12. The van der Waals surface area contributed by atoms with Gasteiger partial charge in [0.2, 0.25) is 0 Å². The van der Waals surface area contributed by atoms with Gasteiger partial charge in [-0.3, -0.25) is 4.79 Å². The van der Waals surface area contributed by atoms with E-state index in [4.69, 9.17) is 5.73 Å². The normalized spacial score (nSPS) is 13.1. The summed E-state index contributed by atoms with van der Waals surface area (Å²) in [6.45, 7) is 0. The number of hydrogen-bond acceptors (Lipinski definition) is 5. The van der Waals surface area contributed by atoms with Crippen molar-refractivity contribution < 1.29 is 4.79 Å². The third-order valence-electron chi connectivity index (χ3n) is 3.43. The van der Waals surface area contributed by atoms with Crippen LogP contribution < -0.4 is 11.1 Å². The molecule has 1 aliphatic rings. The molecule has 1 aromatic heterocycles. The molecule has 96 valence electrons. The molecule has 5 heteroatoms. The zero-order chi connectivity index (χ0) is 13.2. The molecule has 1 aliphatic carbocycles. The molecule has 0 amide bonds. The number of anilines is 3. The zero-order valence-electron chi connectivity index (χ0n) is 10.4. The lowest BCUT2D eigenvalue weighted by atomic mass is 10.1. The number of aryl methyl sites for hydroxylation is 1. The van der Waals surface area contributed by atoms with Crippen LogP contribution in [0.25, 0.3) is 0 Å². The summed E-state index contributed by atoms with van der Waals surface area (Å²) in [6.07, 6.45) is 5.36. The van der Waals surface area contributed by atoms with Crippen molar-refractivity contribution in [3.05, 3.63) is 41.2 Å². The maximum Gasteiger partial charge on any atom is 0.157 e. The Morgan fingerprint density at radius 3 is 3.00 bits per heavy atom. The van der Waals surface area contributed by atoms with Crippen LogP contribution in [0.3, 0.4) is 0 Å². The Morgan fingerprint density at radius 1 is 1.26 bits per heavy atom. The summed E-state index contributed by atoms with van der Waals surface area (Å²) in [4.78, 5) is 19.0. The summed E-state index contributed by atoms with van der Waals surface area (Å²) in [5.41, 5.74) is 9.64. The summed E-state index contributed by atoms with van der Waals surface area (Å²) in [5.74, 6) is 0.655. The fourth-order valence-corrected chi connectivity index (χ4v) is 2.49. The van der Waals surface area contributed by atoms with Crippen LogP contribution in [0.15, 0.2) is 24.5 Å². The van der Waals surface area contributed by atoms with Crippen LogP contribution in [0.1, 0.15) is 27.9 Å². The number of benzene rings is 1. The fourth-order valence-electron chi connectivity index (χ4n) is 2.49. The minimum Gasteiger partial charge on any atom is -0.383 e. The molecule has 0 atom stereocenters. The first kappa shape index (κ1) is 11.6. The minimum absolute atomic E-state index is 0.195. The highest BCUT2D eigenvalue weighted by atomic mass is 16.1. The van der Waals surface area contributed by atoms with E-state index in [-0.39, 0.29) is 5.82 Å². The molecule has 0 fully saturated rings. The van der Waals surface area contributed by atoms with Gasteiger partial charge in [0.25, 0.3) is 0 Å². The number of aldehydes is 1. The highest BCUT2D eigenvalue weighted by Gasteiger charge is 2.16. The molecule has 0 radical (unpaired) electrons. The number of nitrogen functional groups attached to an aromatic ring is 1. The fraction of sp³-hybridized carbons (Fsp3) is 0.214. The van der Waals surface area contributed by atoms with E-state index in [2.05, 4.69) is 21.4 Å². The van der Waals surface area contributed by atoms with Crippen molar-refractivity contribution >= 4 is 23.6 Å². The van der Waals surface area contributed by atoms with E-state index in [0.717, 1.165) is 18.5 Å². The maximum atomic E-state index is 11.1. The van der Waals surface area contributed by atoms with Gasteiger partial charge in [-0.05, 0) is 36.5 Å². The monoisotopic (exact) mass is 254 g/mol. The number of hydrogen-bond donors (Lipinski definition) is 2. The van der Waals surface area contributed by atoms with E-state index in [9.17, 15) is 4.79 Å². The van der Waals surface area contributed by atoms with Crippen LogP contribution in [0.4, 0.5) is 17.3 Å². The lowest BCUT2D eigenvalue weighted by Crippen LogP contribution is -2.05. The lowest BCUT2D eigenvalue weighted by molar-refractivity contribution is 0.112. The van der Waals surface area contributed by atoms with Gasteiger partial charge in [0, 0.05) is 5.69 Å². The van der Waals surface area contributed by atoms with Gasteiger partial charge >= 0.3 is 0 Å². The molecule has 0 spiro atoms. The number of aromatic nitrogens is 2. The Hall–Kier alpha value is -2.43. The van der Waals surface area contributed by atoms with Crippen molar-refractivity contribution in [3.63, 3.8) is 0 Å². The number of carbonyl (C=O) groups excluding carboxylic acids is 1. The van der Waals surface area contributed by atoms with Crippen molar-refractivity contribution in [1.82, 2.24) is 9.97 Å². The third kappa shape index (κ3) is 2.03. The molecule has 0 saturated heterocycles. The second kappa shape index (κ2) is 4.68. The second-order valence-electron chi connectivity index (χ2n) is 4.56. The number of rotatable bonds is 3. The van der Waals surface area contributed by atoms with Crippen LogP contribution in [0, 0.1) is 0 Å². The van der Waals surface area contributed by atoms with Crippen molar-refractivity contribution in [2.75, 3.05) is 11.1 Å². The minimum atomic E-state index is 0.195. The average molecular weight is 254 g/mol. The van der Waals surface area contributed by atoms with Gasteiger partial charge in [-0.25, -0.2) is 9.97 Å². The van der Waals surface area contributed by atoms with Gasteiger partial charge in [-0.15, -0.1) is 0 Å². The van der Waals surface area contributed by atoms with E-state index in [1.807, 2.05) is 12.1 Å². The SMILES string of the molecule is Nc1ncnc(Nc2cccc3c2CCC3)c1C=O. The topological polar surface area (TPSA) is 80.9 Å². The van der Waals surface area contributed by atoms with Crippen LogP contribution in [-0.4, -0.2) is 16.3 Å². The van der Waals surface area contributed by atoms with Gasteiger partial charge in [-0.1, -0.05) is 12.1 Å². The number of nitrogens with two attached hydrogens (primary N) is 1. The Morgan fingerprint density at radius 2 is 2.16 bits per heavy atom. The number of nitrogens with one attached hydrogen (secondary N) is 1. The molecule has 0 aliphatic heterocycles. The molecule has 3 rings (SSSR count). The number of nitrogens with zero attached hydrogens (tertiary/aromatic N) is 2. The van der Waals surface area contributed by atoms with Crippen molar-refractivity contribution in [1.29, 1.82) is 0 Å². The Bertz CT molecular complexity index is 639. The highest BCUT2D eigenvalue weighted by Crippen LogP contribution is 2.31. The average Bonchev–Trinajstić information content (AvgIpc) is 2.88. The van der Waals surface area contributed by atoms with E-state index >= 15 is 0 Å². The Labute approximate surface area is 110 Å². The van der Waals surface area contributed by atoms with Crippen molar-refractivity contribution in [2.45, 2.75) is 19.3 Å². The van der Waals surface area contributed by atoms with E-state index in [1.54, 1.807) is 0 Å². The van der Waals surface area contributed by atoms with Crippen molar-refractivity contribution in [3.8, 4) is 0 Å². The second-order valence-corrected chi connectivity index (χ2v) is 4.56. The molecule has 0 bridgehead atoms.